The smallest absolute Gasteiger partial charge is 0.270 e. The molecule has 8 heteroatoms. The largest absolute Gasteiger partial charge is 0.326 e. The van der Waals surface area contributed by atoms with Crippen molar-refractivity contribution in [1.29, 1.82) is 0 Å². The number of piperidine rings is 1. The zero-order chi connectivity index (χ0) is 16.5. The third kappa shape index (κ3) is 3.13. The SMILES string of the molecule is Cc1ccc([N+](=O)[O-])cc1S(=O)(=O)N1CCCCC1C(C)N. The Morgan fingerprint density at radius 3 is 2.68 bits per heavy atom. The monoisotopic (exact) mass is 327 g/mol. The van der Waals surface area contributed by atoms with E-state index in [4.69, 9.17) is 5.73 Å². The number of rotatable bonds is 4. The van der Waals surface area contributed by atoms with Crippen molar-refractivity contribution < 1.29 is 13.3 Å². The molecule has 2 unspecified atom stereocenters. The quantitative estimate of drug-likeness (QED) is 0.670. The first-order valence-electron chi connectivity index (χ1n) is 7.27. The minimum absolute atomic E-state index is 0.00532. The average Bonchev–Trinajstić information content (AvgIpc) is 2.47. The molecule has 7 nitrogen and oxygen atoms in total. The summed E-state index contributed by atoms with van der Waals surface area (Å²) in [5.74, 6) is 0. The summed E-state index contributed by atoms with van der Waals surface area (Å²) in [5, 5.41) is 10.9. The van der Waals surface area contributed by atoms with E-state index < -0.39 is 14.9 Å². The van der Waals surface area contributed by atoms with Gasteiger partial charge in [-0.25, -0.2) is 8.42 Å². The molecule has 0 bridgehead atoms. The molecule has 1 aliphatic heterocycles. The van der Waals surface area contributed by atoms with Gasteiger partial charge in [0.1, 0.15) is 0 Å². The second kappa shape index (κ2) is 6.31. The van der Waals surface area contributed by atoms with Crippen molar-refractivity contribution in [2.75, 3.05) is 6.54 Å². The zero-order valence-corrected chi connectivity index (χ0v) is 13.5. The van der Waals surface area contributed by atoms with Crippen LogP contribution in [0.3, 0.4) is 0 Å². The molecule has 22 heavy (non-hydrogen) atoms. The minimum atomic E-state index is -3.79. The highest BCUT2D eigenvalue weighted by molar-refractivity contribution is 7.89. The van der Waals surface area contributed by atoms with E-state index in [0.29, 0.717) is 18.5 Å². The Labute approximate surface area is 130 Å². The molecule has 0 amide bonds. The van der Waals surface area contributed by atoms with Crippen LogP contribution in [0.4, 0.5) is 5.69 Å². The van der Waals surface area contributed by atoms with E-state index in [-0.39, 0.29) is 22.7 Å². The first-order chi connectivity index (χ1) is 10.2. The van der Waals surface area contributed by atoms with Crippen molar-refractivity contribution in [3.63, 3.8) is 0 Å². The number of nitrogens with zero attached hydrogens (tertiary/aromatic N) is 2. The normalized spacial score (nSPS) is 21.5. The van der Waals surface area contributed by atoms with E-state index in [9.17, 15) is 18.5 Å². The molecular weight excluding hydrogens is 306 g/mol. The topological polar surface area (TPSA) is 107 Å². The van der Waals surface area contributed by atoms with Crippen LogP contribution < -0.4 is 5.73 Å². The lowest BCUT2D eigenvalue weighted by atomic mass is 10.00. The van der Waals surface area contributed by atoms with Crippen molar-refractivity contribution >= 4 is 15.7 Å². The van der Waals surface area contributed by atoms with E-state index in [1.54, 1.807) is 13.8 Å². The second-order valence-corrected chi connectivity index (χ2v) is 7.60. The molecular formula is C14H21N3O4S. The van der Waals surface area contributed by atoms with Gasteiger partial charge >= 0.3 is 0 Å². The van der Waals surface area contributed by atoms with Gasteiger partial charge in [0.05, 0.1) is 9.82 Å². The highest BCUT2D eigenvalue weighted by Gasteiger charge is 2.36. The lowest BCUT2D eigenvalue weighted by Gasteiger charge is -2.37. The first kappa shape index (κ1) is 16.9. The lowest BCUT2D eigenvalue weighted by molar-refractivity contribution is -0.385. The van der Waals surface area contributed by atoms with Crippen molar-refractivity contribution in [3.05, 3.63) is 33.9 Å². The van der Waals surface area contributed by atoms with Crippen LogP contribution in [0.5, 0.6) is 0 Å². The maximum Gasteiger partial charge on any atom is 0.270 e. The van der Waals surface area contributed by atoms with E-state index in [0.717, 1.165) is 18.9 Å². The third-order valence-electron chi connectivity index (χ3n) is 4.07. The van der Waals surface area contributed by atoms with Gasteiger partial charge in [-0.3, -0.25) is 10.1 Å². The number of nitro benzene ring substituents is 1. The average molecular weight is 327 g/mol. The maximum atomic E-state index is 12.9. The van der Waals surface area contributed by atoms with Crippen molar-refractivity contribution in [2.45, 2.75) is 50.1 Å². The fourth-order valence-corrected chi connectivity index (χ4v) is 4.88. The third-order valence-corrected chi connectivity index (χ3v) is 6.14. The fraction of sp³-hybridized carbons (Fsp3) is 0.571. The Morgan fingerprint density at radius 1 is 1.41 bits per heavy atom. The zero-order valence-electron chi connectivity index (χ0n) is 12.7. The molecule has 0 radical (unpaired) electrons. The fourth-order valence-electron chi connectivity index (χ4n) is 2.86. The number of nitro groups is 1. The number of non-ortho nitro benzene ring substituents is 1. The summed E-state index contributed by atoms with van der Waals surface area (Å²) in [6.07, 6.45) is 2.42. The summed E-state index contributed by atoms with van der Waals surface area (Å²) in [4.78, 5) is 10.3. The van der Waals surface area contributed by atoms with Crippen LogP contribution in [0.25, 0.3) is 0 Å². The van der Waals surface area contributed by atoms with Crippen molar-refractivity contribution in [1.82, 2.24) is 4.31 Å². The standard InChI is InChI=1S/C14H21N3O4S/c1-10-6-7-12(17(18)19)9-14(10)22(20,21)16-8-4-3-5-13(16)11(2)15/h6-7,9,11,13H,3-5,8,15H2,1-2H3. The maximum absolute atomic E-state index is 12.9. The molecule has 1 aromatic rings. The van der Waals surface area contributed by atoms with Crippen LogP contribution >= 0.6 is 0 Å². The summed E-state index contributed by atoms with van der Waals surface area (Å²) in [6.45, 7) is 3.83. The van der Waals surface area contributed by atoms with Crippen molar-refractivity contribution in [2.24, 2.45) is 5.73 Å². The van der Waals surface area contributed by atoms with Gasteiger partial charge in [-0.1, -0.05) is 12.5 Å². The summed E-state index contributed by atoms with van der Waals surface area (Å²) < 4.78 is 27.3. The van der Waals surface area contributed by atoms with Crippen molar-refractivity contribution in [3.8, 4) is 0 Å². The van der Waals surface area contributed by atoms with Gasteiger partial charge in [0.2, 0.25) is 10.0 Å². The number of hydrogen-bond donors (Lipinski definition) is 1. The van der Waals surface area contributed by atoms with E-state index >= 15 is 0 Å². The molecule has 2 N–H and O–H groups in total. The molecule has 0 spiro atoms. The molecule has 0 aliphatic carbocycles. The van der Waals surface area contributed by atoms with Gasteiger partial charge in [-0.05, 0) is 32.3 Å². The van der Waals surface area contributed by atoms with E-state index in [1.165, 1.54) is 16.4 Å². The predicted octanol–water partition coefficient (Wildman–Crippen LogP) is 1.79. The molecule has 1 heterocycles. The van der Waals surface area contributed by atoms with Crippen LogP contribution in [0, 0.1) is 17.0 Å². The molecule has 0 saturated carbocycles. The molecule has 122 valence electrons. The molecule has 0 aromatic heterocycles. The second-order valence-electron chi connectivity index (χ2n) is 5.74. The Balaban J connectivity index is 2.49. The summed E-state index contributed by atoms with van der Waals surface area (Å²) in [6, 6.07) is 3.37. The molecule has 2 rings (SSSR count). The van der Waals surface area contributed by atoms with Gasteiger partial charge in [-0.2, -0.15) is 4.31 Å². The van der Waals surface area contributed by atoms with Crippen LogP contribution in [0.2, 0.25) is 0 Å². The number of sulfonamides is 1. The van der Waals surface area contributed by atoms with Crippen LogP contribution in [0.1, 0.15) is 31.7 Å². The molecule has 2 atom stereocenters. The number of hydrogen-bond acceptors (Lipinski definition) is 5. The number of aryl methyl sites for hydroxylation is 1. The highest BCUT2D eigenvalue weighted by Crippen LogP contribution is 2.30. The predicted molar refractivity (Wildman–Crippen MR) is 83.0 cm³/mol. The summed E-state index contributed by atoms with van der Waals surface area (Å²) in [7, 11) is -3.79. The molecule has 1 aliphatic rings. The lowest BCUT2D eigenvalue weighted by Crippen LogP contribution is -2.51. The summed E-state index contributed by atoms with van der Waals surface area (Å²) in [5.41, 5.74) is 6.21. The van der Waals surface area contributed by atoms with Crippen LogP contribution in [0.15, 0.2) is 23.1 Å². The van der Waals surface area contributed by atoms with Gasteiger partial charge in [-0.15, -0.1) is 0 Å². The molecule has 1 aromatic carbocycles. The number of benzene rings is 1. The van der Waals surface area contributed by atoms with Gasteiger partial charge in [0.15, 0.2) is 0 Å². The first-order valence-corrected chi connectivity index (χ1v) is 8.71. The van der Waals surface area contributed by atoms with Crippen LogP contribution in [-0.4, -0.2) is 36.3 Å². The minimum Gasteiger partial charge on any atom is -0.326 e. The molecule has 1 fully saturated rings. The van der Waals surface area contributed by atoms with Gasteiger partial charge < -0.3 is 5.73 Å². The van der Waals surface area contributed by atoms with E-state index in [1.807, 2.05) is 0 Å². The Morgan fingerprint density at radius 2 is 2.09 bits per heavy atom. The Kier molecular flexibility index (Phi) is 4.84. The van der Waals surface area contributed by atoms with Crippen LogP contribution in [-0.2, 0) is 10.0 Å². The molecule has 1 saturated heterocycles. The number of nitrogens with two attached hydrogens (primary N) is 1. The Bertz CT molecular complexity index is 673. The van der Waals surface area contributed by atoms with Gasteiger partial charge in [0, 0.05) is 30.8 Å². The Hall–Kier alpha value is -1.51. The van der Waals surface area contributed by atoms with Gasteiger partial charge in [0.25, 0.3) is 5.69 Å². The highest BCUT2D eigenvalue weighted by atomic mass is 32.2. The summed E-state index contributed by atoms with van der Waals surface area (Å²) >= 11 is 0. The van der Waals surface area contributed by atoms with E-state index in [2.05, 4.69) is 0 Å².